The fourth-order valence-corrected chi connectivity index (χ4v) is 0.915. The maximum Gasteiger partial charge on any atom is 0.518 e. The normalized spacial score (nSPS) is 12.1. The van der Waals surface area contributed by atoms with Crippen molar-refractivity contribution in [1.29, 1.82) is 0 Å². The summed E-state index contributed by atoms with van der Waals surface area (Å²) in [5.74, 6) is -0.475. The summed E-state index contributed by atoms with van der Waals surface area (Å²) in [5.41, 5.74) is -5.37. The van der Waals surface area contributed by atoms with Gasteiger partial charge >= 0.3 is 15.5 Å². The molecular formula is C4H8F3N3O2S. The molecule has 0 atom stereocenters. The van der Waals surface area contributed by atoms with Crippen LogP contribution in [0.1, 0.15) is 0 Å². The average Bonchev–Trinajstić information content (AvgIpc) is 1.98. The molecule has 0 rings (SSSR count). The van der Waals surface area contributed by atoms with Gasteiger partial charge in [-0.15, -0.1) is 4.40 Å². The maximum absolute atomic E-state index is 11.7. The number of sulfonamides is 1. The minimum absolute atomic E-state index is 0.475. The van der Waals surface area contributed by atoms with Gasteiger partial charge in [0.15, 0.2) is 0 Å². The Balaban J connectivity index is 5.00. The first-order chi connectivity index (χ1) is 5.74. The Kier molecular flexibility index (Phi) is 3.52. The summed E-state index contributed by atoms with van der Waals surface area (Å²) in [5, 5.41) is 4.28. The fourth-order valence-electron chi connectivity index (χ4n) is 0.388. The third kappa shape index (κ3) is 3.09. The molecule has 0 fully saturated rings. The number of nitrogens with one attached hydrogen (secondary N) is 2. The second kappa shape index (κ2) is 3.81. The van der Waals surface area contributed by atoms with Gasteiger partial charge in [-0.1, -0.05) is 0 Å². The molecule has 0 aromatic heterocycles. The quantitative estimate of drug-likeness (QED) is 0.466. The van der Waals surface area contributed by atoms with E-state index in [1.807, 2.05) is 0 Å². The number of halogens is 3. The van der Waals surface area contributed by atoms with Gasteiger partial charge < -0.3 is 10.6 Å². The van der Waals surface area contributed by atoms with Crippen LogP contribution in [0.15, 0.2) is 4.40 Å². The van der Waals surface area contributed by atoms with Gasteiger partial charge in [0.2, 0.25) is 5.96 Å². The van der Waals surface area contributed by atoms with Crippen molar-refractivity contribution in [2.24, 2.45) is 4.40 Å². The molecule has 0 aliphatic carbocycles. The van der Waals surface area contributed by atoms with Crippen molar-refractivity contribution in [3.63, 3.8) is 0 Å². The number of hydrogen-bond donors (Lipinski definition) is 2. The number of guanidine groups is 1. The Labute approximate surface area is 73.1 Å². The van der Waals surface area contributed by atoms with E-state index in [4.69, 9.17) is 0 Å². The van der Waals surface area contributed by atoms with Crippen LogP contribution >= 0.6 is 0 Å². The van der Waals surface area contributed by atoms with Gasteiger partial charge in [0.1, 0.15) is 0 Å². The van der Waals surface area contributed by atoms with Crippen LogP contribution in [0.25, 0.3) is 0 Å². The molecule has 0 bridgehead atoms. The Bertz CT molecular complexity index is 288. The largest absolute Gasteiger partial charge is 0.518 e. The topological polar surface area (TPSA) is 70.6 Å². The van der Waals surface area contributed by atoms with Crippen LogP contribution < -0.4 is 10.6 Å². The SMILES string of the molecule is CNC(=NS(=O)(=O)C(F)(F)F)NC. The van der Waals surface area contributed by atoms with E-state index in [0.29, 0.717) is 0 Å². The molecule has 0 amide bonds. The summed E-state index contributed by atoms with van der Waals surface area (Å²) in [7, 11) is -2.98. The van der Waals surface area contributed by atoms with Crippen LogP contribution in [0.5, 0.6) is 0 Å². The highest BCUT2D eigenvalue weighted by Gasteiger charge is 2.46. The maximum atomic E-state index is 11.7. The van der Waals surface area contributed by atoms with Crippen LogP contribution in [0.4, 0.5) is 13.2 Å². The zero-order valence-corrected chi connectivity index (χ0v) is 7.62. The van der Waals surface area contributed by atoms with Crippen LogP contribution in [0.2, 0.25) is 0 Å². The second-order valence-electron chi connectivity index (χ2n) is 1.86. The Morgan fingerprint density at radius 2 is 1.62 bits per heavy atom. The molecule has 0 saturated carbocycles. The molecule has 5 nitrogen and oxygen atoms in total. The lowest BCUT2D eigenvalue weighted by Gasteiger charge is -2.06. The highest BCUT2D eigenvalue weighted by atomic mass is 32.2. The summed E-state index contributed by atoms with van der Waals surface area (Å²) in [6, 6.07) is 0. The van der Waals surface area contributed by atoms with Crippen molar-refractivity contribution in [1.82, 2.24) is 10.6 Å². The average molecular weight is 219 g/mol. The summed E-state index contributed by atoms with van der Waals surface area (Å²) in [6.07, 6.45) is 0. The van der Waals surface area contributed by atoms with Crippen molar-refractivity contribution in [2.45, 2.75) is 5.51 Å². The molecule has 0 aromatic rings. The van der Waals surface area contributed by atoms with Gasteiger partial charge in [-0.05, 0) is 0 Å². The highest BCUT2D eigenvalue weighted by molar-refractivity contribution is 7.91. The van der Waals surface area contributed by atoms with E-state index < -0.39 is 21.5 Å². The van der Waals surface area contributed by atoms with Crippen LogP contribution in [0.3, 0.4) is 0 Å². The van der Waals surface area contributed by atoms with E-state index in [9.17, 15) is 21.6 Å². The molecule has 0 aliphatic rings. The lowest BCUT2D eigenvalue weighted by Crippen LogP contribution is -2.34. The van der Waals surface area contributed by atoms with Crippen LogP contribution in [-0.2, 0) is 10.0 Å². The summed E-state index contributed by atoms with van der Waals surface area (Å²) in [6.45, 7) is 0. The molecular weight excluding hydrogens is 211 g/mol. The highest BCUT2D eigenvalue weighted by Crippen LogP contribution is 2.24. The zero-order chi connectivity index (χ0) is 10.7. The van der Waals surface area contributed by atoms with E-state index in [1.165, 1.54) is 14.1 Å². The van der Waals surface area contributed by atoms with Gasteiger partial charge in [0, 0.05) is 14.1 Å². The third-order valence-electron chi connectivity index (χ3n) is 0.978. The molecule has 13 heavy (non-hydrogen) atoms. The molecule has 0 aliphatic heterocycles. The van der Waals surface area contributed by atoms with Crippen molar-refractivity contribution in [3.8, 4) is 0 Å². The van der Waals surface area contributed by atoms with Gasteiger partial charge in [-0.2, -0.15) is 21.6 Å². The lowest BCUT2D eigenvalue weighted by atomic mass is 10.9. The van der Waals surface area contributed by atoms with E-state index >= 15 is 0 Å². The first-order valence-corrected chi connectivity index (χ1v) is 4.45. The van der Waals surface area contributed by atoms with Gasteiger partial charge in [0.25, 0.3) is 0 Å². The predicted molar refractivity (Wildman–Crippen MR) is 40.5 cm³/mol. The number of rotatable bonds is 1. The molecule has 0 unspecified atom stereocenters. The monoisotopic (exact) mass is 219 g/mol. The van der Waals surface area contributed by atoms with Gasteiger partial charge in [-0.3, -0.25) is 0 Å². The number of nitrogens with zero attached hydrogens (tertiary/aromatic N) is 1. The lowest BCUT2D eigenvalue weighted by molar-refractivity contribution is -0.0435. The van der Waals surface area contributed by atoms with Crippen LogP contribution in [0, 0.1) is 0 Å². The smallest absolute Gasteiger partial charge is 0.359 e. The van der Waals surface area contributed by atoms with E-state index in [0.717, 1.165) is 0 Å². The van der Waals surface area contributed by atoms with Crippen molar-refractivity contribution in [3.05, 3.63) is 0 Å². The third-order valence-corrected chi connectivity index (χ3v) is 1.99. The molecule has 0 heterocycles. The minimum atomic E-state index is -5.46. The van der Waals surface area contributed by atoms with E-state index in [2.05, 4.69) is 15.0 Å². The molecule has 78 valence electrons. The molecule has 0 radical (unpaired) electrons. The van der Waals surface area contributed by atoms with E-state index in [1.54, 1.807) is 0 Å². The molecule has 0 spiro atoms. The molecule has 0 saturated heterocycles. The Hall–Kier alpha value is -0.990. The molecule has 9 heteroatoms. The predicted octanol–water partition coefficient (Wildman–Crippen LogP) is -0.369. The van der Waals surface area contributed by atoms with Gasteiger partial charge in [-0.25, -0.2) is 0 Å². The van der Waals surface area contributed by atoms with Gasteiger partial charge in [0.05, 0.1) is 0 Å². The zero-order valence-electron chi connectivity index (χ0n) is 6.81. The second-order valence-corrected chi connectivity index (χ2v) is 3.46. The fraction of sp³-hybridized carbons (Fsp3) is 0.750. The molecule has 2 N–H and O–H groups in total. The Morgan fingerprint density at radius 3 is 1.85 bits per heavy atom. The summed E-state index contributed by atoms with van der Waals surface area (Å²) in [4.78, 5) is 0. The minimum Gasteiger partial charge on any atom is -0.359 e. The van der Waals surface area contributed by atoms with Crippen LogP contribution in [-0.4, -0.2) is 34.0 Å². The van der Waals surface area contributed by atoms with E-state index in [-0.39, 0.29) is 0 Å². The number of hydrogen-bond acceptors (Lipinski definition) is 2. The first kappa shape index (κ1) is 12.0. The first-order valence-electron chi connectivity index (χ1n) is 3.01. The summed E-state index contributed by atoms with van der Waals surface area (Å²) < 4.78 is 58.4. The van der Waals surface area contributed by atoms with Crippen molar-refractivity contribution >= 4 is 16.0 Å². The standard InChI is InChI=1S/C4H8F3N3O2S/c1-8-3(9-2)10-13(11,12)4(5,6)7/h1-2H3,(H2,8,9,10). The van der Waals surface area contributed by atoms with Crippen molar-refractivity contribution < 1.29 is 21.6 Å². The number of alkyl halides is 3. The summed E-state index contributed by atoms with van der Waals surface area (Å²) >= 11 is 0. The van der Waals surface area contributed by atoms with Crippen molar-refractivity contribution in [2.75, 3.05) is 14.1 Å². The Morgan fingerprint density at radius 1 is 1.23 bits per heavy atom. The molecule has 0 aromatic carbocycles.